The molecule has 25 heavy (non-hydrogen) atoms. The van der Waals surface area contributed by atoms with Crippen LogP contribution in [0, 0.1) is 5.41 Å². The largest absolute Gasteiger partial charge is 0.444 e. The predicted octanol–water partition coefficient (Wildman–Crippen LogP) is 1.27. The Morgan fingerprint density at radius 3 is 2.68 bits per heavy atom. The third kappa shape index (κ3) is 2.54. The molecule has 1 saturated heterocycles. The first-order valence-corrected chi connectivity index (χ1v) is 8.36. The van der Waals surface area contributed by atoms with E-state index in [1.807, 2.05) is 20.8 Å². The summed E-state index contributed by atoms with van der Waals surface area (Å²) in [6.45, 7) is 6.92. The maximum Gasteiger partial charge on any atom is 0.410 e. The molecule has 1 spiro atoms. The van der Waals surface area contributed by atoms with E-state index in [0.29, 0.717) is 24.3 Å². The van der Waals surface area contributed by atoms with Crippen LogP contribution in [0.5, 0.6) is 0 Å². The minimum Gasteiger partial charge on any atom is -0.444 e. The van der Waals surface area contributed by atoms with Crippen molar-refractivity contribution in [2.45, 2.75) is 45.3 Å². The Balaban J connectivity index is 1.44. The monoisotopic (exact) mass is 346 g/mol. The second kappa shape index (κ2) is 4.96. The number of amides is 1. The van der Waals surface area contributed by atoms with Gasteiger partial charge in [0.1, 0.15) is 17.4 Å². The van der Waals surface area contributed by atoms with E-state index in [9.17, 15) is 9.59 Å². The van der Waals surface area contributed by atoms with Crippen molar-refractivity contribution >= 4 is 23.1 Å². The smallest absolute Gasteiger partial charge is 0.410 e. The Bertz CT molecular complexity index is 895. The number of aromatic amines is 1. The van der Waals surface area contributed by atoms with Crippen LogP contribution in [0.1, 0.15) is 39.7 Å². The highest BCUT2D eigenvalue weighted by molar-refractivity contribution is 5.81. The zero-order valence-electron chi connectivity index (χ0n) is 14.6. The molecule has 4 rings (SSSR count). The van der Waals surface area contributed by atoms with Crippen molar-refractivity contribution in [3.63, 3.8) is 0 Å². The van der Waals surface area contributed by atoms with Crippen molar-refractivity contribution in [3.8, 4) is 0 Å². The standard InChI is InChI=1S/C16H22N6O3/c1-15(2,3)25-14(24)21-6-16(7-21)4-9(5-16)22-12-10(20-13(22)23)11(17)18-8-19-12/h8-9H,4-7H2,1-3H3,(H,20,23)(H2,17,18,19). The Kier molecular flexibility index (Phi) is 3.16. The van der Waals surface area contributed by atoms with Gasteiger partial charge in [0.25, 0.3) is 0 Å². The van der Waals surface area contributed by atoms with Gasteiger partial charge in [0.15, 0.2) is 11.5 Å². The number of ether oxygens (including phenoxy) is 1. The molecule has 1 aliphatic carbocycles. The third-order valence-electron chi connectivity index (χ3n) is 4.94. The number of hydrogen-bond donors (Lipinski definition) is 2. The van der Waals surface area contributed by atoms with Crippen molar-refractivity contribution in [1.82, 2.24) is 24.4 Å². The Hall–Kier alpha value is -2.58. The summed E-state index contributed by atoms with van der Waals surface area (Å²) in [6, 6.07) is 0.0661. The number of likely N-dealkylation sites (tertiary alicyclic amines) is 1. The lowest BCUT2D eigenvalue weighted by Crippen LogP contribution is -2.64. The van der Waals surface area contributed by atoms with Gasteiger partial charge in [-0.15, -0.1) is 0 Å². The molecule has 0 unspecified atom stereocenters. The van der Waals surface area contributed by atoms with Gasteiger partial charge in [0.05, 0.1) is 0 Å². The van der Waals surface area contributed by atoms with Crippen molar-refractivity contribution in [1.29, 1.82) is 0 Å². The Labute approximate surface area is 144 Å². The average molecular weight is 346 g/mol. The van der Waals surface area contributed by atoms with Crippen molar-refractivity contribution in [2.75, 3.05) is 18.8 Å². The molecule has 0 bridgehead atoms. The van der Waals surface area contributed by atoms with Crippen molar-refractivity contribution in [2.24, 2.45) is 5.41 Å². The summed E-state index contributed by atoms with van der Waals surface area (Å²) in [6.07, 6.45) is 2.77. The first-order chi connectivity index (χ1) is 11.7. The average Bonchev–Trinajstić information content (AvgIpc) is 2.72. The molecule has 1 amide bonds. The zero-order valence-corrected chi connectivity index (χ0v) is 14.6. The molecule has 2 aromatic heterocycles. The number of imidazole rings is 1. The van der Waals surface area contributed by atoms with Gasteiger partial charge in [-0.25, -0.2) is 19.6 Å². The van der Waals surface area contributed by atoms with Crippen LogP contribution in [0.2, 0.25) is 0 Å². The zero-order chi connectivity index (χ0) is 18.0. The van der Waals surface area contributed by atoms with E-state index in [0.717, 1.165) is 12.8 Å². The Morgan fingerprint density at radius 1 is 1.36 bits per heavy atom. The lowest BCUT2D eigenvalue weighted by molar-refractivity contribution is -0.0906. The van der Waals surface area contributed by atoms with Gasteiger partial charge in [-0.1, -0.05) is 0 Å². The number of rotatable bonds is 1. The Morgan fingerprint density at radius 2 is 2.04 bits per heavy atom. The predicted molar refractivity (Wildman–Crippen MR) is 91.1 cm³/mol. The summed E-state index contributed by atoms with van der Waals surface area (Å²) in [7, 11) is 0. The molecule has 2 aliphatic rings. The third-order valence-corrected chi connectivity index (χ3v) is 4.94. The first-order valence-electron chi connectivity index (χ1n) is 8.36. The van der Waals surface area contributed by atoms with Gasteiger partial charge in [-0.2, -0.15) is 0 Å². The summed E-state index contributed by atoms with van der Waals surface area (Å²) in [5, 5.41) is 0. The number of carbonyl (C=O) groups excluding carboxylic acids is 1. The fraction of sp³-hybridized carbons (Fsp3) is 0.625. The lowest BCUT2D eigenvalue weighted by Gasteiger charge is -2.58. The van der Waals surface area contributed by atoms with Crippen molar-refractivity contribution in [3.05, 3.63) is 16.8 Å². The number of nitrogens with zero attached hydrogens (tertiary/aromatic N) is 4. The molecule has 134 valence electrons. The number of nitrogens with one attached hydrogen (secondary N) is 1. The second-order valence-corrected chi connectivity index (χ2v) is 8.16. The molecule has 0 atom stereocenters. The fourth-order valence-corrected chi connectivity index (χ4v) is 3.89. The number of fused-ring (bicyclic) bond motifs is 1. The first kappa shape index (κ1) is 15.9. The van der Waals surface area contributed by atoms with Gasteiger partial charge >= 0.3 is 11.8 Å². The van der Waals surface area contributed by atoms with Gasteiger partial charge < -0.3 is 20.4 Å². The van der Waals surface area contributed by atoms with Crippen LogP contribution in [-0.2, 0) is 4.74 Å². The molecular formula is C16H22N6O3. The van der Waals surface area contributed by atoms with Crippen LogP contribution in [0.25, 0.3) is 11.2 Å². The summed E-state index contributed by atoms with van der Waals surface area (Å²) in [5.74, 6) is 0.273. The number of aromatic nitrogens is 4. The minimum absolute atomic E-state index is 0.0661. The molecule has 3 heterocycles. The normalized spacial score (nSPS) is 19.7. The topological polar surface area (TPSA) is 119 Å². The molecule has 1 saturated carbocycles. The van der Waals surface area contributed by atoms with E-state index in [1.165, 1.54) is 6.33 Å². The van der Waals surface area contributed by atoms with Crippen LogP contribution in [0.4, 0.5) is 10.6 Å². The number of anilines is 1. The highest BCUT2D eigenvalue weighted by Gasteiger charge is 2.55. The summed E-state index contributed by atoms with van der Waals surface area (Å²) in [5.41, 5.74) is 6.21. The van der Waals surface area contributed by atoms with Crippen molar-refractivity contribution < 1.29 is 9.53 Å². The van der Waals surface area contributed by atoms with Crippen LogP contribution >= 0.6 is 0 Å². The molecule has 2 aromatic rings. The van der Waals surface area contributed by atoms with Crippen LogP contribution in [0.3, 0.4) is 0 Å². The number of carbonyl (C=O) groups is 1. The molecule has 1 aliphatic heterocycles. The minimum atomic E-state index is -0.487. The van der Waals surface area contributed by atoms with E-state index in [4.69, 9.17) is 10.5 Å². The number of hydrogen-bond acceptors (Lipinski definition) is 6. The van der Waals surface area contributed by atoms with Crippen LogP contribution in [0.15, 0.2) is 11.1 Å². The van der Waals surface area contributed by atoms with E-state index >= 15 is 0 Å². The molecule has 2 fully saturated rings. The molecule has 0 aromatic carbocycles. The molecule has 9 heteroatoms. The number of H-pyrrole nitrogens is 1. The van der Waals surface area contributed by atoms with Crippen LogP contribution < -0.4 is 11.4 Å². The number of nitrogens with two attached hydrogens (primary N) is 1. The number of nitrogen functional groups attached to an aromatic ring is 1. The molecule has 9 nitrogen and oxygen atoms in total. The summed E-state index contributed by atoms with van der Waals surface area (Å²) < 4.78 is 7.05. The maximum atomic E-state index is 12.3. The highest BCUT2D eigenvalue weighted by atomic mass is 16.6. The van der Waals surface area contributed by atoms with E-state index in [1.54, 1.807) is 9.47 Å². The van der Waals surface area contributed by atoms with Gasteiger partial charge in [0, 0.05) is 24.5 Å². The van der Waals surface area contributed by atoms with Crippen LogP contribution in [-0.4, -0.2) is 49.2 Å². The SMILES string of the molecule is CC(C)(C)OC(=O)N1CC2(CC(n3c(=O)[nH]c4c(N)ncnc43)C2)C1. The van der Waals surface area contributed by atoms with Gasteiger partial charge in [-0.3, -0.25) is 4.57 Å². The van der Waals surface area contributed by atoms with Gasteiger partial charge in [0.2, 0.25) is 0 Å². The van der Waals surface area contributed by atoms with E-state index in [-0.39, 0.29) is 29.1 Å². The second-order valence-electron chi connectivity index (χ2n) is 8.16. The van der Waals surface area contributed by atoms with Gasteiger partial charge in [-0.05, 0) is 33.6 Å². The fourth-order valence-electron chi connectivity index (χ4n) is 3.89. The van der Waals surface area contributed by atoms with E-state index in [2.05, 4.69) is 15.0 Å². The summed E-state index contributed by atoms with van der Waals surface area (Å²) in [4.78, 5) is 36.9. The molecule has 3 N–H and O–H groups in total. The highest BCUT2D eigenvalue weighted by Crippen LogP contribution is 2.54. The molecular weight excluding hydrogens is 324 g/mol. The summed E-state index contributed by atoms with van der Waals surface area (Å²) >= 11 is 0. The maximum absolute atomic E-state index is 12.3. The lowest BCUT2D eigenvalue weighted by atomic mass is 9.60. The molecule has 0 radical (unpaired) electrons. The van der Waals surface area contributed by atoms with E-state index < -0.39 is 5.60 Å². The quantitative estimate of drug-likeness (QED) is 0.802.